The predicted molar refractivity (Wildman–Crippen MR) is 94.0 cm³/mol. The summed E-state index contributed by atoms with van der Waals surface area (Å²) < 4.78 is 8.32. The van der Waals surface area contributed by atoms with Crippen LogP contribution >= 0.6 is 22.6 Å². The third-order valence-electron chi connectivity index (χ3n) is 3.84. The van der Waals surface area contributed by atoms with Crippen molar-refractivity contribution in [1.29, 1.82) is 0 Å². The van der Waals surface area contributed by atoms with E-state index in [0.717, 1.165) is 22.3 Å². The van der Waals surface area contributed by atoms with Crippen LogP contribution in [0.4, 0.5) is 4.79 Å². The van der Waals surface area contributed by atoms with Crippen molar-refractivity contribution in [3.63, 3.8) is 0 Å². The van der Waals surface area contributed by atoms with Crippen LogP contribution in [0.1, 0.15) is 32.3 Å². The predicted octanol–water partition coefficient (Wildman–Crippen LogP) is 3.51. The van der Waals surface area contributed by atoms with Crippen LogP contribution in [0.25, 0.3) is 10.9 Å². The number of hydrogen-bond donors (Lipinski definition) is 0. The molecule has 2 heterocycles. The van der Waals surface area contributed by atoms with Crippen molar-refractivity contribution in [1.82, 2.24) is 14.7 Å². The summed E-state index contributed by atoms with van der Waals surface area (Å²) in [5.41, 5.74) is 1.95. The molecule has 1 aromatic heterocycles. The molecule has 0 saturated carbocycles. The molecule has 1 amide bonds. The van der Waals surface area contributed by atoms with Crippen molar-refractivity contribution in [2.75, 3.05) is 13.1 Å². The summed E-state index contributed by atoms with van der Waals surface area (Å²) in [5.74, 6) is 0.379. The standard InChI is InChI=1S/C16H20IN3O2/c1-16(2,3)22-15(21)20-8-11(9-20)10-5-6-12-13(7-10)19(4)18-14(12)17/h5-7,11H,8-9H2,1-4H3. The van der Waals surface area contributed by atoms with Gasteiger partial charge in [-0.25, -0.2) is 4.79 Å². The van der Waals surface area contributed by atoms with Crippen LogP contribution in [-0.4, -0.2) is 39.5 Å². The van der Waals surface area contributed by atoms with Gasteiger partial charge in [0.05, 0.1) is 5.52 Å². The van der Waals surface area contributed by atoms with Gasteiger partial charge in [-0.2, -0.15) is 5.10 Å². The van der Waals surface area contributed by atoms with Gasteiger partial charge in [0.25, 0.3) is 0 Å². The molecule has 0 unspecified atom stereocenters. The smallest absolute Gasteiger partial charge is 0.410 e. The van der Waals surface area contributed by atoms with E-state index in [1.54, 1.807) is 4.90 Å². The molecule has 6 heteroatoms. The van der Waals surface area contributed by atoms with Gasteiger partial charge in [0, 0.05) is 31.4 Å². The van der Waals surface area contributed by atoms with Crippen molar-refractivity contribution < 1.29 is 9.53 Å². The molecule has 0 spiro atoms. The van der Waals surface area contributed by atoms with Crippen molar-refractivity contribution in [2.45, 2.75) is 32.3 Å². The molecule has 3 rings (SSSR count). The number of rotatable bonds is 1. The van der Waals surface area contributed by atoms with Crippen molar-refractivity contribution >= 4 is 39.6 Å². The van der Waals surface area contributed by atoms with Crippen LogP contribution < -0.4 is 0 Å². The molecule has 5 nitrogen and oxygen atoms in total. The fourth-order valence-electron chi connectivity index (χ4n) is 2.65. The van der Waals surface area contributed by atoms with Crippen LogP contribution in [0, 0.1) is 3.70 Å². The van der Waals surface area contributed by atoms with Gasteiger partial charge in [0.1, 0.15) is 9.30 Å². The Bertz CT molecular complexity index is 727. The first-order valence-electron chi connectivity index (χ1n) is 7.35. The summed E-state index contributed by atoms with van der Waals surface area (Å²) in [6.07, 6.45) is -0.222. The van der Waals surface area contributed by atoms with Crippen LogP contribution in [0.5, 0.6) is 0 Å². The van der Waals surface area contributed by atoms with Gasteiger partial charge in [0.15, 0.2) is 0 Å². The first kappa shape index (κ1) is 15.6. The lowest BCUT2D eigenvalue weighted by Gasteiger charge is -2.40. The first-order valence-corrected chi connectivity index (χ1v) is 8.42. The number of likely N-dealkylation sites (tertiary alicyclic amines) is 1. The molecule has 1 aliphatic heterocycles. The maximum Gasteiger partial charge on any atom is 0.410 e. The van der Waals surface area contributed by atoms with Crippen LogP contribution in [-0.2, 0) is 11.8 Å². The Morgan fingerprint density at radius 3 is 2.68 bits per heavy atom. The summed E-state index contributed by atoms with van der Waals surface area (Å²) >= 11 is 2.25. The Hall–Kier alpha value is -1.31. The summed E-state index contributed by atoms with van der Waals surface area (Å²) in [5, 5.41) is 5.61. The Balaban J connectivity index is 1.70. The zero-order valence-electron chi connectivity index (χ0n) is 13.3. The molecule has 118 valence electrons. The Morgan fingerprint density at radius 2 is 2.05 bits per heavy atom. The van der Waals surface area contributed by atoms with Gasteiger partial charge >= 0.3 is 6.09 Å². The second-order valence-electron chi connectivity index (χ2n) is 6.77. The van der Waals surface area contributed by atoms with Crippen LogP contribution in [0.3, 0.4) is 0 Å². The molecule has 1 aliphatic rings. The van der Waals surface area contributed by atoms with E-state index in [9.17, 15) is 4.79 Å². The summed E-state index contributed by atoms with van der Waals surface area (Å²) in [4.78, 5) is 13.7. The van der Waals surface area contributed by atoms with Gasteiger partial charge in [-0.15, -0.1) is 0 Å². The SMILES string of the molecule is Cn1nc(I)c2ccc(C3CN(C(=O)OC(C)(C)C)C3)cc21. The van der Waals surface area contributed by atoms with Crippen molar-refractivity contribution in [3.05, 3.63) is 27.5 Å². The highest BCUT2D eigenvalue weighted by molar-refractivity contribution is 14.1. The average Bonchev–Trinajstić information content (AvgIpc) is 2.61. The number of carbonyl (C=O) groups is 1. The fourth-order valence-corrected chi connectivity index (χ4v) is 3.43. The highest BCUT2D eigenvalue weighted by atomic mass is 127. The lowest BCUT2D eigenvalue weighted by molar-refractivity contribution is 0.00820. The number of hydrogen-bond acceptors (Lipinski definition) is 3. The second kappa shape index (κ2) is 5.40. The van der Waals surface area contributed by atoms with Crippen LogP contribution in [0.15, 0.2) is 18.2 Å². The normalized spacial score (nSPS) is 16.0. The highest BCUT2D eigenvalue weighted by Gasteiger charge is 2.34. The molecule has 0 bridgehead atoms. The molecule has 0 N–H and O–H groups in total. The third kappa shape index (κ3) is 2.93. The number of benzene rings is 1. The van der Waals surface area contributed by atoms with Crippen molar-refractivity contribution in [2.24, 2.45) is 7.05 Å². The number of aryl methyl sites for hydroxylation is 1. The van der Waals surface area contributed by atoms with E-state index in [-0.39, 0.29) is 6.09 Å². The minimum absolute atomic E-state index is 0.222. The first-order chi connectivity index (χ1) is 10.2. The van der Waals surface area contributed by atoms with Gasteiger partial charge in [0.2, 0.25) is 0 Å². The average molecular weight is 413 g/mol. The van der Waals surface area contributed by atoms with Gasteiger partial charge in [-0.3, -0.25) is 4.68 Å². The minimum atomic E-state index is -0.438. The number of aromatic nitrogens is 2. The van der Waals surface area contributed by atoms with E-state index < -0.39 is 5.60 Å². The number of halogens is 1. The molecule has 2 aromatic rings. The molecule has 1 aromatic carbocycles. The third-order valence-corrected chi connectivity index (χ3v) is 4.63. The number of nitrogens with zero attached hydrogens (tertiary/aromatic N) is 3. The molecule has 0 atom stereocenters. The number of amides is 1. The van der Waals surface area contributed by atoms with E-state index in [0.29, 0.717) is 5.92 Å². The Morgan fingerprint density at radius 1 is 1.36 bits per heavy atom. The highest BCUT2D eigenvalue weighted by Crippen LogP contribution is 2.31. The maximum absolute atomic E-state index is 12.0. The van der Waals surface area contributed by atoms with E-state index in [1.165, 1.54) is 10.9 Å². The second-order valence-corrected chi connectivity index (χ2v) is 7.80. The minimum Gasteiger partial charge on any atom is -0.444 e. The zero-order chi connectivity index (χ0) is 16.1. The lowest BCUT2D eigenvalue weighted by atomic mass is 9.91. The number of ether oxygens (including phenoxy) is 1. The van der Waals surface area contributed by atoms with E-state index in [2.05, 4.69) is 45.9 Å². The summed E-state index contributed by atoms with van der Waals surface area (Å²) in [6.45, 7) is 7.10. The molecular weight excluding hydrogens is 393 g/mol. The fraction of sp³-hybridized carbons (Fsp3) is 0.500. The molecule has 22 heavy (non-hydrogen) atoms. The van der Waals surface area contributed by atoms with Crippen LogP contribution in [0.2, 0.25) is 0 Å². The van der Waals surface area contributed by atoms with E-state index >= 15 is 0 Å². The molecule has 0 aliphatic carbocycles. The monoisotopic (exact) mass is 413 g/mol. The summed E-state index contributed by atoms with van der Waals surface area (Å²) in [7, 11) is 1.96. The quantitative estimate of drug-likeness (QED) is 0.673. The van der Waals surface area contributed by atoms with E-state index in [1.807, 2.05) is 32.5 Å². The largest absolute Gasteiger partial charge is 0.444 e. The molecule has 1 fully saturated rings. The Kier molecular flexibility index (Phi) is 3.82. The lowest BCUT2D eigenvalue weighted by Crippen LogP contribution is -2.50. The van der Waals surface area contributed by atoms with E-state index in [4.69, 9.17) is 4.74 Å². The molecule has 1 saturated heterocycles. The molecular formula is C16H20IN3O2. The number of fused-ring (bicyclic) bond motifs is 1. The van der Waals surface area contributed by atoms with Gasteiger partial charge in [-0.1, -0.05) is 6.07 Å². The molecule has 0 radical (unpaired) electrons. The number of carbonyl (C=O) groups excluding carboxylic acids is 1. The zero-order valence-corrected chi connectivity index (χ0v) is 15.4. The van der Waals surface area contributed by atoms with Gasteiger partial charge < -0.3 is 9.64 Å². The van der Waals surface area contributed by atoms with Crippen molar-refractivity contribution in [3.8, 4) is 0 Å². The Labute approximate surface area is 143 Å². The van der Waals surface area contributed by atoms with Gasteiger partial charge in [-0.05, 0) is 61.1 Å². The maximum atomic E-state index is 12.0. The topological polar surface area (TPSA) is 47.4 Å². The summed E-state index contributed by atoms with van der Waals surface area (Å²) in [6, 6.07) is 6.44.